The lowest BCUT2D eigenvalue weighted by Crippen LogP contribution is -2.51. The Hall–Kier alpha value is -2.24. The van der Waals surface area contributed by atoms with Gasteiger partial charge in [-0.1, -0.05) is 30.3 Å². The number of hydrogen-bond acceptors (Lipinski definition) is 4. The van der Waals surface area contributed by atoms with Crippen LogP contribution >= 0.6 is 0 Å². The summed E-state index contributed by atoms with van der Waals surface area (Å²) in [5.74, 6) is 3.26. The zero-order valence-corrected chi connectivity index (χ0v) is 15.0. The molecule has 6 heteroatoms. The van der Waals surface area contributed by atoms with Crippen molar-refractivity contribution in [1.29, 1.82) is 0 Å². The molecule has 0 spiro atoms. The second kappa shape index (κ2) is 6.18. The maximum Gasteiger partial charge on any atom is 0.243 e. The van der Waals surface area contributed by atoms with E-state index >= 15 is 0 Å². The van der Waals surface area contributed by atoms with Gasteiger partial charge in [-0.25, -0.2) is 0 Å². The fourth-order valence-corrected chi connectivity index (χ4v) is 5.99. The standard InChI is InChI=1S/C20H25N5O/c26-18(12-25-23-19(22-24-25)17-4-2-1-3-5-17)21-13-20-9-14-6-15(10-20)8-16(7-14)11-20/h1-5,14-16H,6-13H2,(H,21,26). The van der Waals surface area contributed by atoms with E-state index in [1.807, 2.05) is 30.3 Å². The molecule has 4 bridgehead atoms. The van der Waals surface area contributed by atoms with Crippen LogP contribution in [-0.4, -0.2) is 32.7 Å². The van der Waals surface area contributed by atoms with E-state index in [1.54, 1.807) is 0 Å². The minimum absolute atomic E-state index is 0.0160. The lowest BCUT2D eigenvalue weighted by molar-refractivity contribution is -0.124. The fourth-order valence-electron chi connectivity index (χ4n) is 5.99. The molecule has 136 valence electrons. The van der Waals surface area contributed by atoms with E-state index in [0.717, 1.165) is 29.9 Å². The van der Waals surface area contributed by atoms with Crippen molar-refractivity contribution in [1.82, 2.24) is 25.5 Å². The molecule has 2 aromatic rings. The van der Waals surface area contributed by atoms with Crippen molar-refractivity contribution in [2.45, 2.75) is 45.1 Å². The van der Waals surface area contributed by atoms with Crippen LogP contribution in [0.4, 0.5) is 0 Å². The summed E-state index contributed by atoms with van der Waals surface area (Å²) in [7, 11) is 0. The van der Waals surface area contributed by atoms with Gasteiger partial charge in [0.2, 0.25) is 11.7 Å². The first-order valence-corrected chi connectivity index (χ1v) is 9.77. The Balaban J connectivity index is 1.19. The van der Waals surface area contributed by atoms with E-state index in [1.165, 1.54) is 43.3 Å². The number of hydrogen-bond donors (Lipinski definition) is 1. The molecule has 0 aliphatic heterocycles. The van der Waals surface area contributed by atoms with Gasteiger partial charge in [-0.2, -0.15) is 4.80 Å². The van der Waals surface area contributed by atoms with Gasteiger partial charge in [0.15, 0.2) is 0 Å². The SMILES string of the molecule is O=C(Cn1nnc(-c2ccccc2)n1)NCC12CC3CC(CC(C3)C1)C2. The first kappa shape index (κ1) is 16.0. The summed E-state index contributed by atoms with van der Waals surface area (Å²) in [6.07, 6.45) is 8.20. The van der Waals surface area contributed by atoms with Crippen LogP contribution in [0.1, 0.15) is 38.5 Å². The van der Waals surface area contributed by atoms with E-state index < -0.39 is 0 Å². The van der Waals surface area contributed by atoms with Gasteiger partial charge in [0.25, 0.3) is 0 Å². The van der Waals surface area contributed by atoms with E-state index in [0.29, 0.717) is 11.2 Å². The number of benzene rings is 1. The summed E-state index contributed by atoms with van der Waals surface area (Å²) in [5.41, 5.74) is 1.27. The molecule has 4 aliphatic rings. The number of amides is 1. The monoisotopic (exact) mass is 351 g/mol. The Morgan fingerprint density at radius 3 is 2.38 bits per heavy atom. The lowest BCUT2D eigenvalue weighted by Gasteiger charge is -2.56. The van der Waals surface area contributed by atoms with Gasteiger partial charge in [-0.3, -0.25) is 4.79 Å². The summed E-state index contributed by atoms with van der Waals surface area (Å²) in [4.78, 5) is 13.8. The summed E-state index contributed by atoms with van der Waals surface area (Å²) in [6, 6.07) is 9.71. The van der Waals surface area contributed by atoms with Gasteiger partial charge in [-0.05, 0) is 66.9 Å². The molecule has 0 unspecified atom stereocenters. The maximum atomic E-state index is 12.4. The number of carbonyl (C=O) groups excluding carboxylic acids is 1. The van der Waals surface area contributed by atoms with Crippen LogP contribution in [0.2, 0.25) is 0 Å². The Labute approximate surface area is 153 Å². The smallest absolute Gasteiger partial charge is 0.243 e. The highest BCUT2D eigenvalue weighted by atomic mass is 16.2. The third kappa shape index (κ3) is 3.02. The molecule has 1 heterocycles. The molecule has 0 saturated heterocycles. The molecular weight excluding hydrogens is 326 g/mol. The molecule has 6 nitrogen and oxygen atoms in total. The Morgan fingerprint density at radius 2 is 1.73 bits per heavy atom. The second-order valence-corrected chi connectivity index (χ2v) is 8.70. The van der Waals surface area contributed by atoms with E-state index in [2.05, 4.69) is 20.7 Å². The average Bonchev–Trinajstić information content (AvgIpc) is 3.08. The molecule has 26 heavy (non-hydrogen) atoms. The highest BCUT2D eigenvalue weighted by Crippen LogP contribution is 2.59. The molecule has 1 aromatic heterocycles. The van der Waals surface area contributed by atoms with Crippen molar-refractivity contribution >= 4 is 5.91 Å². The van der Waals surface area contributed by atoms with Gasteiger partial charge >= 0.3 is 0 Å². The van der Waals surface area contributed by atoms with E-state index in [-0.39, 0.29) is 12.5 Å². The number of nitrogens with one attached hydrogen (secondary N) is 1. The van der Waals surface area contributed by atoms with Gasteiger partial charge in [0.05, 0.1) is 0 Å². The number of aromatic nitrogens is 4. The highest BCUT2D eigenvalue weighted by Gasteiger charge is 2.50. The first-order chi connectivity index (χ1) is 12.7. The van der Waals surface area contributed by atoms with Crippen LogP contribution in [0.5, 0.6) is 0 Å². The highest BCUT2D eigenvalue weighted by molar-refractivity contribution is 5.75. The van der Waals surface area contributed by atoms with Crippen LogP contribution in [0.3, 0.4) is 0 Å². The van der Waals surface area contributed by atoms with Crippen molar-refractivity contribution < 1.29 is 4.79 Å². The quantitative estimate of drug-likeness (QED) is 0.899. The number of carbonyl (C=O) groups is 1. The number of rotatable bonds is 5. The molecule has 0 atom stereocenters. The Morgan fingerprint density at radius 1 is 1.08 bits per heavy atom. The zero-order chi connectivity index (χ0) is 17.6. The maximum absolute atomic E-state index is 12.4. The Kier molecular flexibility index (Phi) is 3.80. The number of tetrazole rings is 1. The summed E-state index contributed by atoms with van der Waals surface area (Å²) < 4.78 is 0. The van der Waals surface area contributed by atoms with Crippen LogP contribution in [-0.2, 0) is 11.3 Å². The van der Waals surface area contributed by atoms with Gasteiger partial charge in [0, 0.05) is 12.1 Å². The molecule has 1 N–H and O–H groups in total. The summed E-state index contributed by atoms with van der Waals surface area (Å²) in [6.45, 7) is 0.946. The van der Waals surface area contributed by atoms with Crippen LogP contribution in [0.15, 0.2) is 30.3 Å². The minimum atomic E-state index is -0.0160. The molecule has 1 amide bonds. The van der Waals surface area contributed by atoms with E-state index in [9.17, 15) is 4.79 Å². The Bertz CT molecular complexity index is 764. The van der Waals surface area contributed by atoms with E-state index in [4.69, 9.17) is 0 Å². The lowest BCUT2D eigenvalue weighted by atomic mass is 9.49. The third-order valence-corrected chi connectivity index (χ3v) is 6.60. The van der Waals surface area contributed by atoms with Crippen molar-refractivity contribution in [3.63, 3.8) is 0 Å². The van der Waals surface area contributed by atoms with Gasteiger partial charge in [0.1, 0.15) is 6.54 Å². The third-order valence-electron chi connectivity index (χ3n) is 6.60. The van der Waals surface area contributed by atoms with Crippen LogP contribution < -0.4 is 5.32 Å². The van der Waals surface area contributed by atoms with Crippen LogP contribution in [0.25, 0.3) is 11.4 Å². The van der Waals surface area contributed by atoms with Crippen molar-refractivity contribution in [3.05, 3.63) is 30.3 Å². The van der Waals surface area contributed by atoms with Crippen molar-refractivity contribution in [3.8, 4) is 11.4 Å². The van der Waals surface area contributed by atoms with Crippen molar-refractivity contribution in [2.75, 3.05) is 6.54 Å². The topological polar surface area (TPSA) is 72.7 Å². The minimum Gasteiger partial charge on any atom is -0.354 e. The molecule has 4 saturated carbocycles. The molecule has 1 aromatic carbocycles. The summed E-state index contributed by atoms with van der Waals surface area (Å²) >= 11 is 0. The second-order valence-electron chi connectivity index (χ2n) is 8.70. The van der Waals surface area contributed by atoms with Gasteiger partial charge in [-0.15, -0.1) is 10.2 Å². The van der Waals surface area contributed by atoms with Crippen molar-refractivity contribution in [2.24, 2.45) is 23.2 Å². The van der Waals surface area contributed by atoms with Gasteiger partial charge < -0.3 is 5.32 Å². The fraction of sp³-hybridized carbons (Fsp3) is 0.600. The predicted octanol–water partition coefficient (Wildman–Crippen LogP) is 2.67. The average molecular weight is 351 g/mol. The van der Waals surface area contributed by atoms with Crippen LogP contribution in [0, 0.1) is 23.2 Å². The summed E-state index contributed by atoms with van der Waals surface area (Å²) in [5, 5.41) is 15.6. The molecule has 6 rings (SSSR count). The molecule has 4 fully saturated rings. The number of nitrogens with zero attached hydrogens (tertiary/aromatic N) is 4. The molecule has 0 radical (unpaired) electrons. The zero-order valence-electron chi connectivity index (χ0n) is 15.0. The molecule has 4 aliphatic carbocycles. The molecular formula is C20H25N5O. The predicted molar refractivity (Wildman–Crippen MR) is 96.9 cm³/mol. The largest absolute Gasteiger partial charge is 0.354 e. The first-order valence-electron chi connectivity index (χ1n) is 9.77. The normalized spacial score (nSPS) is 31.9.